The molecular weight excluding hydrogens is 236 g/mol. The molecule has 2 atom stereocenters. The second kappa shape index (κ2) is 6.22. The number of ether oxygens (including phenoxy) is 1. The maximum absolute atomic E-state index is 6.21. The van der Waals surface area contributed by atoms with E-state index in [-0.39, 0.29) is 12.1 Å². The van der Waals surface area contributed by atoms with E-state index in [0.717, 1.165) is 25.3 Å². The summed E-state index contributed by atoms with van der Waals surface area (Å²) in [7, 11) is 1.69. The van der Waals surface area contributed by atoms with Gasteiger partial charge in [-0.25, -0.2) is 0 Å². The zero-order valence-electron chi connectivity index (χ0n) is 12.1. The van der Waals surface area contributed by atoms with Crippen LogP contribution in [-0.2, 0) is 0 Å². The average Bonchev–Trinajstić information content (AvgIpc) is 2.42. The summed E-state index contributed by atoms with van der Waals surface area (Å²) in [6.07, 6.45) is 3.45. The highest BCUT2D eigenvalue weighted by atomic mass is 16.5. The Bertz CT molecular complexity index is 437. The summed E-state index contributed by atoms with van der Waals surface area (Å²) in [5.74, 6) is 0.890. The molecular formula is C16H24N2O. The number of benzene rings is 1. The Balaban J connectivity index is 2.19. The molecule has 0 bridgehead atoms. The van der Waals surface area contributed by atoms with Crippen molar-refractivity contribution in [3.05, 3.63) is 41.5 Å². The zero-order chi connectivity index (χ0) is 13.8. The molecule has 1 heterocycles. The minimum absolute atomic E-state index is 0.111. The van der Waals surface area contributed by atoms with E-state index >= 15 is 0 Å². The largest absolute Gasteiger partial charge is 0.497 e. The molecule has 3 nitrogen and oxygen atoms in total. The van der Waals surface area contributed by atoms with Gasteiger partial charge in [0, 0.05) is 25.2 Å². The fraction of sp³-hybridized carbons (Fsp3) is 0.500. The molecule has 2 unspecified atom stereocenters. The number of hydrogen-bond donors (Lipinski definition) is 1. The van der Waals surface area contributed by atoms with Gasteiger partial charge in [0.15, 0.2) is 0 Å². The van der Waals surface area contributed by atoms with Gasteiger partial charge in [-0.1, -0.05) is 23.8 Å². The van der Waals surface area contributed by atoms with Crippen LogP contribution in [-0.4, -0.2) is 31.1 Å². The van der Waals surface area contributed by atoms with Crippen LogP contribution in [0.2, 0.25) is 0 Å². The summed E-state index contributed by atoms with van der Waals surface area (Å²) in [4.78, 5) is 2.46. The zero-order valence-corrected chi connectivity index (χ0v) is 12.1. The van der Waals surface area contributed by atoms with Crippen molar-refractivity contribution >= 4 is 0 Å². The smallest absolute Gasteiger partial charge is 0.118 e. The van der Waals surface area contributed by atoms with Gasteiger partial charge < -0.3 is 10.5 Å². The highest BCUT2D eigenvalue weighted by Gasteiger charge is 2.24. The first kappa shape index (κ1) is 14.1. The van der Waals surface area contributed by atoms with Gasteiger partial charge in [-0.3, -0.25) is 4.90 Å². The summed E-state index contributed by atoms with van der Waals surface area (Å²) in [5.41, 5.74) is 8.96. The summed E-state index contributed by atoms with van der Waals surface area (Å²) in [5, 5.41) is 0. The summed E-state index contributed by atoms with van der Waals surface area (Å²) in [6, 6.07) is 8.65. The van der Waals surface area contributed by atoms with Crippen LogP contribution in [0.15, 0.2) is 35.9 Å². The van der Waals surface area contributed by atoms with Gasteiger partial charge >= 0.3 is 0 Å². The van der Waals surface area contributed by atoms with E-state index in [4.69, 9.17) is 10.5 Å². The Labute approximate surface area is 116 Å². The van der Waals surface area contributed by atoms with Gasteiger partial charge in [0.2, 0.25) is 0 Å². The topological polar surface area (TPSA) is 38.5 Å². The van der Waals surface area contributed by atoms with Crippen molar-refractivity contribution in [2.24, 2.45) is 5.73 Å². The van der Waals surface area contributed by atoms with E-state index in [1.165, 1.54) is 11.1 Å². The molecule has 1 aromatic carbocycles. The molecule has 2 N–H and O–H groups in total. The van der Waals surface area contributed by atoms with Crippen molar-refractivity contribution < 1.29 is 4.74 Å². The quantitative estimate of drug-likeness (QED) is 0.846. The first-order valence-corrected chi connectivity index (χ1v) is 6.91. The van der Waals surface area contributed by atoms with Gasteiger partial charge in [-0.05, 0) is 38.0 Å². The standard InChI is InChI=1S/C16H24N2O/c1-12-8-10-18(11-9-12)16(13(2)17)14-4-6-15(19-3)7-5-14/h4-8,13,16H,9-11,17H2,1-3H3. The first-order valence-electron chi connectivity index (χ1n) is 6.91. The lowest BCUT2D eigenvalue weighted by Gasteiger charge is -2.36. The monoisotopic (exact) mass is 260 g/mol. The molecule has 0 fully saturated rings. The predicted octanol–water partition coefficient (Wildman–Crippen LogP) is 2.74. The normalized spacial score (nSPS) is 19.7. The highest BCUT2D eigenvalue weighted by Crippen LogP contribution is 2.27. The van der Waals surface area contributed by atoms with Crippen molar-refractivity contribution in [3.63, 3.8) is 0 Å². The lowest BCUT2D eigenvalue weighted by Crippen LogP contribution is -2.41. The highest BCUT2D eigenvalue weighted by molar-refractivity contribution is 5.30. The Kier molecular flexibility index (Phi) is 4.61. The molecule has 1 aliphatic rings. The Morgan fingerprint density at radius 2 is 1.95 bits per heavy atom. The number of nitrogens with zero attached hydrogens (tertiary/aromatic N) is 1. The molecule has 0 spiro atoms. The van der Waals surface area contributed by atoms with Gasteiger partial charge in [-0.2, -0.15) is 0 Å². The molecule has 1 aromatic rings. The predicted molar refractivity (Wildman–Crippen MR) is 79.3 cm³/mol. The van der Waals surface area contributed by atoms with Crippen molar-refractivity contribution in [1.29, 1.82) is 0 Å². The van der Waals surface area contributed by atoms with Crippen molar-refractivity contribution in [1.82, 2.24) is 4.90 Å². The molecule has 3 heteroatoms. The number of hydrogen-bond acceptors (Lipinski definition) is 3. The van der Waals surface area contributed by atoms with E-state index in [0.29, 0.717) is 0 Å². The van der Waals surface area contributed by atoms with E-state index < -0.39 is 0 Å². The lowest BCUT2D eigenvalue weighted by atomic mass is 9.97. The lowest BCUT2D eigenvalue weighted by molar-refractivity contribution is 0.190. The molecule has 0 aromatic heterocycles. The van der Waals surface area contributed by atoms with E-state index in [1.807, 2.05) is 12.1 Å². The molecule has 0 radical (unpaired) electrons. The molecule has 0 aliphatic carbocycles. The average molecular weight is 260 g/mol. The van der Waals surface area contributed by atoms with Gasteiger partial charge in [0.05, 0.1) is 7.11 Å². The third-order valence-corrected chi connectivity index (χ3v) is 3.82. The number of methoxy groups -OCH3 is 1. The van der Waals surface area contributed by atoms with Crippen LogP contribution in [0.5, 0.6) is 5.75 Å². The maximum atomic E-state index is 6.21. The molecule has 0 saturated carbocycles. The molecule has 1 aliphatic heterocycles. The van der Waals surface area contributed by atoms with E-state index in [9.17, 15) is 0 Å². The Hall–Kier alpha value is -1.32. The van der Waals surface area contributed by atoms with Crippen LogP contribution in [0.1, 0.15) is 31.9 Å². The van der Waals surface area contributed by atoms with Crippen LogP contribution in [0, 0.1) is 0 Å². The molecule has 19 heavy (non-hydrogen) atoms. The summed E-state index contributed by atoms with van der Waals surface area (Å²) < 4.78 is 5.21. The third kappa shape index (κ3) is 3.37. The molecule has 0 saturated heterocycles. The van der Waals surface area contributed by atoms with E-state index in [2.05, 4.69) is 37.0 Å². The van der Waals surface area contributed by atoms with Crippen LogP contribution >= 0.6 is 0 Å². The van der Waals surface area contributed by atoms with Gasteiger partial charge in [-0.15, -0.1) is 0 Å². The van der Waals surface area contributed by atoms with Crippen LogP contribution in [0.4, 0.5) is 0 Å². The second-order valence-electron chi connectivity index (χ2n) is 5.37. The summed E-state index contributed by atoms with van der Waals surface area (Å²) in [6.45, 7) is 6.36. The summed E-state index contributed by atoms with van der Waals surface area (Å²) >= 11 is 0. The fourth-order valence-electron chi connectivity index (χ4n) is 2.69. The fourth-order valence-corrected chi connectivity index (χ4v) is 2.69. The van der Waals surface area contributed by atoms with Gasteiger partial charge in [0.1, 0.15) is 5.75 Å². The Morgan fingerprint density at radius 1 is 1.26 bits per heavy atom. The van der Waals surface area contributed by atoms with E-state index in [1.54, 1.807) is 7.11 Å². The van der Waals surface area contributed by atoms with Crippen LogP contribution < -0.4 is 10.5 Å². The van der Waals surface area contributed by atoms with Crippen molar-refractivity contribution in [3.8, 4) is 5.75 Å². The van der Waals surface area contributed by atoms with Crippen molar-refractivity contribution in [2.75, 3.05) is 20.2 Å². The SMILES string of the molecule is COc1ccc(C(C(C)N)N2CC=C(C)CC2)cc1. The maximum Gasteiger partial charge on any atom is 0.118 e. The Morgan fingerprint density at radius 3 is 2.42 bits per heavy atom. The molecule has 2 rings (SSSR count). The van der Waals surface area contributed by atoms with Gasteiger partial charge in [0.25, 0.3) is 0 Å². The van der Waals surface area contributed by atoms with Crippen molar-refractivity contribution in [2.45, 2.75) is 32.4 Å². The minimum atomic E-state index is 0.111. The minimum Gasteiger partial charge on any atom is -0.497 e. The van der Waals surface area contributed by atoms with Crippen LogP contribution in [0.25, 0.3) is 0 Å². The van der Waals surface area contributed by atoms with Crippen LogP contribution in [0.3, 0.4) is 0 Å². The number of rotatable bonds is 4. The molecule has 0 amide bonds. The molecule has 104 valence electrons. The third-order valence-electron chi connectivity index (χ3n) is 3.82. The second-order valence-corrected chi connectivity index (χ2v) is 5.37. The first-order chi connectivity index (χ1) is 9.11. The number of nitrogens with two attached hydrogens (primary N) is 1.